The third-order valence-corrected chi connectivity index (χ3v) is 1.74. The van der Waals surface area contributed by atoms with Gasteiger partial charge in [0.25, 0.3) is 0 Å². The zero-order chi connectivity index (χ0) is 7.84. The van der Waals surface area contributed by atoms with E-state index >= 15 is 0 Å². The first-order chi connectivity index (χ1) is 5.27. The minimum absolute atomic E-state index is 0.617. The van der Waals surface area contributed by atoms with Crippen LogP contribution < -0.4 is 9.64 Å². The predicted octanol–water partition coefficient (Wildman–Crippen LogP) is 1.18. The van der Waals surface area contributed by atoms with Crippen LogP contribution in [0.1, 0.15) is 5.56 Å². The molecule has 0 aliphatic carbocycles. The summed E-state index contributed by atoms with van der Waals surface area (Å²) in [6.45, 7) is 2.63. The first-order valence-electron chi connectivity index (χ1n) is 3.58. The van der Waals surface area contributed by atoms with E-state index in [1.807, 2.05) is 31.1 Å². The lowest BCUT2D eigenvalue weighted by Gasteiger charge is -2.05. The molecule has 0 aromatic carbocycles. The lowest BCUT2D eigenvalue weighted by atomic mass is 10.3. The zero-order valence-corrected chi connectivity index (χ0v) is 6.66. The maximum Gasteiger partial charge on any atom is 0.173 e. The number of hydrogen-bond donors (Lipinski definition) is 0. The maximum atomic E-state index is 5.35. The largest absolute Gasteiger partial charge is 0.469 e. The van der Waals surface area contributed by atoms with Crippen molar-refractivity contribution in [2.45, 2.75) is 6.92 Å². The zero-order valence-electron chi connectivity index (χ0n) is 6.66. The molecule has 11 heavy (non-hydrogen) atoms. The lowest BCUT2D eigenvalue weighted by molar-refractivity contribution is 0.353. The number of fused-ring (bicyclic) bond motifs is 1. The second-order valence-electron chi connectivity index (χ2n) is 2.81. The highest BCUT2D eigenvalue weighted by molar-refractivity contribution is 5.55. The molecule has 1 aliphatic rings. The first kappa shape index (κ1) is 6.46. The topological polar surface area (TPSA) is 25.4 Å². The molecule has 1 aliphatic heterocycles. The summed E-state index contributed by atoms with van der Waals surface area (Å²) >= 11 is 0. The highest BCUT2D eigenvalue weighted by Crippen LogP contribution is 2.30. The van der Waals surface area contributed by atoms with E-state index in [1.165, 1.54) is 0 Å². The molecular formula is C8H10N2O. The van der Waals surface area contributed by atoms with Crippen molar-refractivity contribution in [2.24, 2.45) is 0 Å². The van der Waals surface area contributed by atoms with Gasteiger partial charge in [0.2, 0.25) is 0 Å². The smallest absolute Gasteiger partial charge is 0.173 e. The molecule has 0 N–H and O–H groups in total. The number of aromatic nitrogens is 1. The van der Waals surface area contributed by atoms with Gasteiger partial charge in [0.1, 0.15) is 0 Å². The summed E-state index contributed by atoms with van der Waals surface area (Å²) in [5, 5.41) is 0. The highest BCUT2D eigenvalue weighted by atomic mass is 16.5. The second-order valence-corrected chi connectivity index (χ2v) is 2.81. The number of nitrogens with zero attached hydrogens (tertiary/aromatic N) is 2. The Morgan fingerprint density at radius 1 is 1.64 bits per heavy atom. The molecular weight excluding hydrogens is 140 g/mol. The Hall–Kier alpha value is -1.25. The summed E-state index contributed by atoms with van der Waals surface area (Å²) in [4.78, 5) is 6.22. The van der Waals surface area contributed by atoms with Gasteiger partial charge in [-0.3, -0.25) is 0 Å². The first-order valence-corrected chi connectivity index (χ1v) is 3.58. The molecule has 0 saturated carbocycles. The van der Waals surface area contributed by atoms with Crippen molar-refractivity contribution in [3.8, 4) is 5.75 Å². The molecule has 2 heterocycles. The van der Waals surface area contributed by atoms with Gasteiger partial charge in [0, 0.05) is 13.2 Å². The fourth-order valence-corrected chi connectivity index (χ4v) is 1.16. The van der Waals surface area contributed by atoms with E-state index in [4.69, 9.17) is 4.74 Å². The second kappa shape index (κ2) is 2.12. The number of ether oxygens (including phenoxy) is 1. The summed E-state index contributed by atoms with van der Waals surface area (Å²) < 4.78 is 5.35. The van der Waals surface area contributed by atoms with Crippen LogP contribution in [0, 0.1) is 6.92 Å². The van der Waals surface area contributed by atoms with Gasteiger partial charge in [-0.25, -0.2) is 4.98 Å². The lowest BCUT2D eigenvalue weighted by Crippen LogP contribution is -2.15. The summed E-state index contributed by atoms with van der Waals surface area (Å²) in [5.41, 5.74) is 1.14. The van der Waals surface area contributed by atoms with E-state index in [9.17, 15) is 0 Å². The van der Waals surface area contributed by atoms with E-state index in [0.29, 0.717) is 6.73 Å². The Balaban J connectivity index is 2.50. The van der Waals surface area contributed by atoms with Crippen LogP contribution in [-0.2, 0) is 0 Å². The van der Waals surface area contributed by atoms with E-state index in [2.05, 4.69) is 4.98 Å². The SMILES string of the molecule is Cc1cnc2c(c1)OCN2C. The summed E-state index contributed by atoms with van der Waals surface area (Å²) in [6.07, 6.45) is 1.85. The van der Waals surface area contributed by atoms with Crippen molar-refractivity contribution < 1.29 is 4.74 Å². The van der Waals surface area contributed by atoms with Crippen LogP contribution in [0.5, 0.6) is 5.75 Å². The van der Waals surface area contributed by atoms with Gasteiger partial charge in [0.15, 0.2) is 18.3 Å². The van der Waals surface area contributed by atoms with Crippen molar-refractivity contribution in [3.05, 3.63) is 17.8 Å². The molecule has 0 amide bonds. The van der Waals surface area contributed by atoms with Crippen LogP contribution in [0.2, 0.25) is 0 Å². The van der Waals surface area contributed by atoms with E-state index in [0.717, 1.165) is 17.1 Å². The van der Waals surface area contributed by atoms with Crippen molar-refractivity contribution >= 4 is 5.82 Å². The van der Waals surface area contributed by atoms with Crippen LogP contribution in [0.15, 0.2) is 12.3 Å². The monoisotopic (exact) mass is 150 g/mol. The van der Waals surface area contributed by atoms with Crippen LogP contribution >= 0.6 is 0 Å². The molecule has 0 atom stereocenters. The average molecular weight is 150 g/mol. The molecule has 0 spiro atoms. The molecule has 0 radical (unpaired) electrons. The number of aryl methyl sites for hydroxylation is 1. The molecule has 0 unspecified atom stereocenters. The predicted molar refractivity (Wildman–Crippen MR) is 42.9 cm³/mol. The van der Waals surface area contributed by atoms with Gasteiger partial charge in [-0.1, -0.05) is 0 Å². The van der Waals surface area contributed by atoms with Gasteiger partial charge < -0.3 is 9.64 Å². The Bertz CT molecular complexity index is 285. The molecule has 1 aromatic rings. The van der Waals surface area contributed by atoms with Crippen molar-refractivity contribution in [1.29, 1.82) is 0 Å². The molecule has 3 nitrogen and oxygen atoms in total. The highest BCUT2D eigenvalue weighted by Gasteiger charge is 2.17. The minimum atomic E-state index is 0.617. The van der Waals surface area contributed by atoms with Gasteiger partial charge in [-0.05, 0) is 18.6 Å². The van der Waals surface area contributed by atoms with E-state index in [-0.39, 0.29) is 0 Å². The van der Waals surface area contributed by atoms with Crippen LogP contribution in [0.25, 0.3) is 0 Å². The molecule has 2 rings (SSSR count). The van der Waals surface area contributed by atoms with Crippen molar-refractivity contribution in [3.63, 3.8) is 0 Å². The van der Waals surface area contributed by atoms with E-state index in [1.54, 1.807) is 0 Å². The summed E-state index contributed by atoms with van der Waals surface area (Å²) in [7, 11) is 1.97. The number of pyridine rings is 1. The van der Waals surface area contributed by atoms with Gasteiger partial charge in [-0.15, -0.1) is 0 Å². The quantitative estimate of drug-likeness (QED) is 0.555. The summed E-state index contributed by atoms with van der Waals surface area (Å²) in [5.74, 6) is 1.84. The van der Waals surface area contributed by atoms with Crippen molar-refractivity contribution in [2.75, 3.05) is 18.7 Å². The molecule has 0 bridgehead atoms. The molecule has 3 heteroatoms. The fraction of sp³-hybridized carbons (Fsp3) is 0.375. The van der Waals surface area contributed by atoms with Gasteiger partial charge in [-0.2, -0.15) is 0 Å². The molecule has 1 aromatic heterocycles. The van der Waals surface area contributed by atoms with Crippen LogP contribution in [0.4, 0.5) is 5.82 Å². The third-order valence-electron chi connectivity index (χ3n) is 1.74. The third kappa shape index (κ3) is 0.926. The fourth-order valence-electron chi connectivity index (χ4n) is 1.16. The Kier molecular flexibility index (Phi) is 1.24. The number of hydrogen-bond acceptors (Lipinski definition) is 3. The van der Waals surface area contributed by atoms with Crippen LogP contribution in [-0.4, -0.2) is 18.8 Å². The number of rotatable bonds is 0. The van der Waals surface area contributed by atoms with E-state index < -0.39 is 0 Å². The Morgan fingerprint density at radius 2 is 2.45 bits per heavy atom. The standard InChI is InChI=1S/C8H10N2O/c1-6-3-7-8(9-4-6)10(2)5-11-7/h3-4H,5H2,1-2H3. The van der Waals surface area contributed by atoms with Crippen molar-refractivity contribution in [1.82, 2.24) is 4.98 Å². The molecule has 0 saturated heterocycles. The Labute approximate surface area is 65.6 Å². The minimum Gasteiger partial charge on any atom is -0.469 e. The molecule has 58 valence electrons. The maximum absolute atomic E-state index is 5.35. The Morgan fingerprint density at radius 3 is 3.27 bits per heavy atom. The van der Waals surface area contributed by atoms with Crippen LogP contribution in [0.3, 0.4) is 0 Å². The summed E-state index contributed by atoms with van der Waals surface area (Å²) in [6, 6.07) is 2.01. The van der Waals surface area contributed by atoms with Gasteiger partial charge in [0.05, 0.1) is 0 Å². The van der Waals surface area contributed by atoms with Gasteiger partial charge >= 0.3 is 0 Å². The number of anilines is 1. The normalized spacial score (nSPS) is 14.5. The molecule has 0 fully saturated rings. The average Bonchev–Trinajstić information content (AvgIpc) is 2.32.